The number of nitrogens with zero attached hydrogens (tertiary/aromatic N) is 3. The van der Waals surface area contributed by atoms with Gasteiger partial charge in [-0.2, -0.15) is 0 Å². The molecule has 1 aromatic rings. The summed E-state index contributed by atoms with van der Waals surface area (Å²) in [6.07, 6.45) is 15.7. The molecule has 1 aromatic heterocycles. The van der Waals surface area contributed by atoms with Crippen LogP contribution >= 0.6 is 11.8 Å². The molecule has 6 heteroatoms. The van der Waals surface area contributed by atoms with Gasteiger partial charge in [-0.3, -0.25) is 9.89 Å². The molecular weight excluding hydrogens is 344 g/mol. The van der Waals surface area contributed by atoms with Crippen LogP contribution in [0.4, 0.5) is 0 Å². The van der Waals surface area contributed by atoms with Crippen LogP contribution in [0.1, 0.15) is 89.8 Å². The van der Waals surface area contributed by atoms with Gasteiger partial charge >= 0.3 is 0 Å². The minimum absolute atomic E-state index is 0.300. The summed E-state index contributed by atoms with van der Waals surface area (Å²) in [5, 5.41) is 8.01. The molecule has 0 radical (unpaired) electrons. The molecule has 0 bridgehead atoms. The molecule has 1 heterocycles. The quantitative estimate of drug-likeness (QED) is 0.664. The number of amides is 1. The maximum Gasteiger partial charge on any atom is 0.233 e. The lowest BCUT2D eigenvalue weighted by atomic mass is 9.88. The number of carbonyl (C=O) groups is 1. The molecule has 0 aliphatic heterocycles. The number of aryl methyl sites for hydroxylation is 1. The standard InChI is InChI=1S/C20H34N4OS/c1-2-3-14-18-21-20(23-22-18)26-15-19(25)24(16-10-6-4-7-11-16)17-12-8-5-9-13-17/h16-17H,2-15H2,1H3,(H,21,22,23). The summed E-state index contributed by atoms with van der Waals surface area (Å²) in [5.74, 6) is 1.71. The molecule has 146 valence electrons. The second kappa shape index (κ2) is 10.3. The van der Waals surface area contributed by atoms with Gasteiger partial charge < -0.3 is 4.90 Å². The minimum Gasteiger partial charge on any atom is -0.336 e. The summed E-state index contributed by atoms with van der Waals surface area (Å²) >= 11 is 1.49. The maximum absolute atomic E-state index is 13.1. The lowest BCUT2D eigenvalue weighted by Gasteiger charge is -2.41. The first-order chi connectivity index (χ1) is 12.8. The zero-order valence-corrected chi connectivity index (χ0v) is 17.0. The summed E-state index contributed by atoms with van der Waals surface area (Å²) in [5.41, 5.74) is 0. The van der Waals surface area contributed by atoms with Crippen molar-refractivity contribution in [2.45, 2.75) is 108 Å². The van der Waals surface area contributed by atoms with E-state index >= 15 is 0 Å². The molecule has 2 fully saturated rings. The third-order valence-electron chi connectivity index (χ3n) is 5.83. The highest BCUT2D eigenvalue weighted by molar-refractivity contribution is 7.99. The van der Waals surface area contributed by atoms with Crippen molar-refractivity contribution in [3.63, 3.8) is 0 Å². The largest absolute Gasteiger partial charge is 0.336 e. The molecule has 5 nitrogen and oxygen atoms in total. The molecule has 0 aromatic carbocycles. The predicted octanol–water partition coefficient (Wildman–Crippen LogP) is 4.73. The van der Waals surface area contributed by atoms with Crippen molar-refractivity contribution in [2.75, 3.05) is 5.75 Å². The summed E-state index contributed by atoms with van der Waals surface area (Å²) in [4.78, 5) is 20.0. The van der Waals surface area contributed by atoms with E-state index in [1.54, 1.807) is 0 Å². The number of H-pyrrole nitrogens is 1. The van der Waals surface area contributed by atoms with E-state index in [0.29, 0.717) is 23.7 Å². The monoisotopic (exact) mass is 378 g/mol. The van der Waals surface area contributed by atoms with Gasteiger partial charge in [-0.25, -0.2) is 4.98 Å². The number of thioether (sulfide) groups is 1. The molecule has 0 spiro atoms. The smallest absolute Gasteiger partial charge is 0.233 e. The van der Waals surface area contributed by atoms with Crippen molar-refractivity contribution in [1.82, 2.24) is 20.1 Å². The van der Waals surface area contributed by atoms with E-state index in [-0.39, 0.29) is 0 Å². The van der Waals surface area contributed by atoms with Gasteiger partial charge in [0, 0.05) is 18.5 Å². The number of aromatic nitrogens is 3. The number of unbranched alkanes of at least 4 members (excludes halogenated alkanes) is 1. The first kappa shape index (κ1) is 19.7. The highest BCUT2D eigenvalue weighted by Gasteiger charge is 2.32. The molecule has 26 heavy (non-hydrogen) atoms. The van der Waals surface area contributed by atoms with Crippen molar-refractivity contribution in [1.29, 1.82) is 0 Å². The molecule has 1 N–H and O–H groups in total. The molecule has 3 rings (SSSR count). The van der Waals surface area contributed by atoms with Crippen molar-refractivity contribution in [3.8, 4) is 0 Å². The predicted molar refractivity (Wildman–Crippen MR) is 106 cm³/mol. The first-order valence-electron chi connectivity index (χ1n) is 10.6. The molecule has 2 aliphatic rings. The minimum atomic E-state index is 0.300. The fourth-order valence-electron chi connectivity index (χ4n) is 4.42. The van der Waals surface area contributed by atoms with Gasteiger partial charge in [0.2, 0.25) is 11.1 Å². The highest BCUT2D eigenvalue weighted by Crippen LogP contribution is 2.31. The van der Waals surface area contributed by atoms with Crippen LogP contribution in [0.5, 0.6) is 0 Å². The van der Waals surface area contributed by atoms with E-state index in [2.05, 4.69) is 27.0 Å². The summed E-state index contributed by atoms with van der Waals surface area (Å²) in [7, 11) is 0. The number of hydrogen-bond donors (Lipinski definition) is 1. The molecule has 0 saturated heterocycles. The molecule has 2 aliphatic carbocycles. The Bertz CT molecular complexity index is 532. The van der Waals surface area contributed by atoms with E-state index in [1.807, 2.05) is 0 Å². The van der Waals surface area contributed by atoms with Crippen LogP contribution in [-0.2, 0) is 11.2 Å². The van der Waals surface area contributed by atoms with E-state index in [1.165, 1.54) is 76.0 Å². The van der Waals surface area contributed by atoms with Crippen LogP contribution in [-0.4, -0.2) is 43.8 Å². The molecule has 0 atom stereocenters. The van der Waals surface area contributed by atoms with E-state index < -0.39 is 0 Å². The molecule has 1 amide bonds. The van der Waals surface area contributed by atoms with Crippen LogP contribution in [0.15, 0.2) is 5.16 Å². The van der Waals surface area contributed by atoms with E-state index in [9.17, 15) is 4.79 Å². The summed E-state index contributed by atoms with van der Waals surface area (Å²) < 4.78 is 0. The average molecular weight is 379 g/mol. The van der Waals surface area contributed by atoms with Crippen molar-refractivity contribution < 1.29 is 4.79 Å². The third kappa shape index (κ3) is 5.48. The van der Waals surface area contributed by atoms with Gasteiger partial charge in [0.05, 0.1) is 5.75 Å². The Labute approximate surface area is 162 Å². The van der Waals surface area contributed by atoms with Crippen LogP contribution in [0.2, 0.25) is 0 Å². The van der Waals surface area contributed by atoms with Crippen molar-refractivity contribution >= 4 is 17.7 Å². The van der Waals surface area contributed by atoms with E-state index in [0.717, 1.165) is 30.2 Å². The van der Waals surface area contributed by atoms with Crippen LogP contribution in [0, 0.1) is 0 Å². The number of nitrogens with one attached hydrogen (secondary N) is 1. The van der Waals surface area contributed by atoms with Gasteiger partial charge in [-0.15, -0.1) is 5.10 Å². The lowest BCUT2D eigenvalue weighted by Crippen LogP contribution is -2.49. The highest BCUT2D eigenvalue weighted by atomic mass is 32.2. The van der Waals surface area contributed by atoms with Gasteiger partial charge in [-0.05, 0) is 32.1 Å². The number of carbonyl (C=O) groups excluding carboxylic acids is 1. The van der Waals surface area contributed by atoms with Crippen LogP contribution < -0.4 is 0 Å². The Morgan fingerprint density at radius 2 is 1.69 bits per heavy atom. The zero-order valence-electron chi connectivity index (χ0n) is 16.2. The summed E-state index contributed by atoms with van der Waals surface area (Å²) in [6, 6.07) is 0.930. The number of hydrogen-bond acceptors (Lipinski definition) is 4. The molecule has 0 unspecified atom stereocenters. The summed E-state index contributed by atoms with van der Waals surface area (Å²) in [6.45, 7) is 2.18. The lowest BCUT2D eigenvalue weighted by molar-refractivity contribution is -0.135. The third-order valence-corrected chi connectivity index (χ3v) is 6.66. The Balaban J connectivity index is 1.58. The number of rotatable bonds is 8. The van der Waals surface area contributed by atoms with Crippen molar-refractivity contribution in [3.05, 3.63) is 5.82 Å². The fraction of sp³-hybridized carbons (Fsp3) is 0.850. The van der Waals surface area contributed by atoms with Crippen LogP contribution in [0.25, 0.3) is 0 Å². The number of aromatic amines is 1. The van der Waals surface area contributed by atoms with Gasteiger partial charge in [0.15, 0.2) is 0 Å². The van der Waals surface area contributed by atoms with Crippen molar-refractivity contribution in [2.24, 2.45) is 0 Å². The van der Waals surface area contributed by atoms with Crippen LogP contribution in [0.3, 0.4) is 0 Å². The molecule has 2 saturated carbocycles. The second-order valence-corrected chi connectivity index (χ2v) is 8.78. The Hall–Kier alpha value is -1.04. The Kier molecular flexibility index (Phi) is 7.84. The SMILES string of the molecule is CCCCc1nc(SCC(=O)N(C2CCCCC2)C2CCCCC2)n[nH]1. The second-order valence-electron chi connectivity index (χ2n) is 7.84. The zero-order chi connectivity index (χ0) is 18.2. The van der Waals surface area contributed by atoms with Gasteiger partial charge in [0.1, 0.15) is 5.82 Å². The normalized spacial score (nSPS) is 19.6. The first-order valence-corrected chi connectivity index (χ1v) is 11.6. The molecular formula is C20H34N4OS. The van der Waals surface area contributed by atoms with Gasteiger partial charge in [0.25, 0.3) is 0 Å². The Morgan fingerprint density at radius 1 is 1.08 bits per heavy atom. The Morgan fingerprint density at radius 3 is 2.27 bits per heavy atom. The topological polar surface area (TPSA) is 61.9 Å². The van der Waals surface area contributed by atoms with E-state index in [4.69, 9.17) is 0 Å². The maximum atomic E-state index is 13.1. The average Bonchev–Trinajstić information content (AvgIpc) is 3.14. The fourth-order valence-corrected chi connectivity index (χ4v) is 5.11. The van der Waals surface area contributed by atoms with Gasteiger partial charge in [-0.1, -0.05) is 63.6 Å².